The van der Waals surface area contributed by atoms with Crippen LogP contribution in [0.5, 0.6) is 0 Å². The van der Waals surface area contributed by atoms with Crippen LogP contribution in [-0.4, -0.2) is 55.5 Å². The minimum Gasteiger partial charge on any atom is -1.00 e. The van der Waals surface area contributed by atoms with E-state index in [1.54, 1.807) is 18.9 Å². The number of methoxy groups -OCH3 is 1. The number of ether oxygens (including phenoxy) is 2. The Kier molecular flexibility index (Phi) is 8.73. The average molecular weight is 515 g/mol. The van der Waals surface area contributed by atoms with Gasteiger partial charge in [0, 0.05) is 37.6 Å². The Hall–Kier alpha value is -2.52. The molecule has 0 unspecified atom stereocenters. The first-order valence-corrected chi connectivity index (χ1v) is 12.6. The summed E-state index contributed by atoms with van der Waals surface area (Å²) in [4.78, 5) is 19.4. The Labute approximate surface area is 216 Å². The highest BCUT2D eigenvalue weighted by molar-refractivity contribution is 8.16. The molecular weight excluding hydrogens is 484 g/mol. The Morgan fingerprint density at radius 1 is 1.09 bits per heavy atom. The summed E-state index contributed by atoms with van der Waals surface area (Å²) >= 11 is 1.55. The second kappa shape index (κ2) is 11.9. The van der Waals surface area contributed by atoms with Gasteiger partial charge in [-0.1, -0.05) is 60.7 Å². The molecule has 3 N–H and O–H groups in total. The lowest BCUT2D eigenvalue weighted by Crippen LogP contribution is -3.00. The number of carbonyl (C=O) groups is 1. The van der Waals surface area contributed by atoms with Crippen molar-refractivity contribution in [2.24, 2.45) is 0 Å². The molecule has 5 rings (SSSR count). The number of thioether (sulfide) groups is 1. The summed E-state index contributed by atoms with van der Waals surface area (Å²) < 4.78 is 11.1. The van der Waals surface area contributed by atoms with Gasteiger partial charge in [-0.05, 0) is 18.4 Å². The van der Waals surface area contributed by atoms with Crippen LogP contribution in [0.4, 0.5) is 0 Å². The molecule has 2 aromatic carbocycles. The number of hydrogen-bond acceptors (Lipinski definition) is 5. The van der Waals surface area contributed by atoms with Crippen LogP contribution in [-0.2, 0) is 14.3 Å². The smallest absolute Gasteiger partial charge is 0.311 e. The highest BCUT2D eigenvalue weighted by Gasteiger charge is 2.44. The minimum atomic E-state index is -0.260. The Morgan fingerprint density at radius 3 is 2.46 bits per heavy atom. The Morgan fingerprint density at radius 2 is 1.80 bits per heavy atom. The van der Waals surface area contributed by atoms with E-state index < -0.39 is 0 Å². The van der Waals surface area contributed by atoms with Crippen molar-refractivity contribution >= 4 is 22.8 Å². The highest BCUT2D eigenvalue weighted by Crippen LogP contribution is 2.40. The van der Waals surface area contributed by atoms with Crippen molar-refractivity contribution in [3.05, 3.63) is 82.4 Å². The topological polar surface area (TPSA) is 76.8 Å². The molecular formula is C26H31ClN4O3S. The van der Waals surface area contributed by atoms with Crippen LogP contribution in [0.3, 0.4) is 0 Å². The third-order valence-corrected chi connectivity index (χ3v) is 7.39. The molecule has 3 atom stereocenters. The largest absolute Gasteiger partial charge is 1.00 e. The van der Waals surface area contributed by atoms with E-state index in [0.717, 1.165) is 52.9 Å². The molecule has 3 aliphatic heterocycles. The van der Waals surface area contributed by atoms with Gasteiger partial charge in [-0.3, -0.25) is 15.1 Å². The number of carbonyl (C=O) groups excluding carboxylic acids is 1. The van der Waals surface area contributed by atoms with Crippen LogP contribution in [0.25, 0.3) is 0 Å². The van der Waals surface area contributed by atoms with Crippen LogP contribution in [0.15, 0.2) is 71.3 Å². The number of nitrogens with one attached hydrogen (secondary N) is 3. The summed E-state index contributed by atoms with van der Waals surface area (Å²) in [6.07, 6.45) is 2.14. The number of amides is 1. The van der Waals surface area contributed by atoms with E-state index in [9.17, 15) is 4.79 Å². The maximum absolute atomic E-state index is 14.0. The number of rotatable bonds is 7. The van der Waals surface area contributed by atoms with Crippen molar-refractivity contribution < 1.29 is 31.7 Å². The van der Waals surface area contributed by atoms with Gasteiger partial charge in [0.15, 0.2) is 6.04 Å². The van der Waals surface area contributed by atoms with E-state index in [1.165, 1.54) is 0 Å². The first-order valence-electron chi connectivity index (χ1n) is 11.8. The molecule has 0 spiro atoms. The molecule has 1 fully saturated rings. The molecule has 0 aromatic heterocycles. The number of nitrogens with zero attached hydrogens (tertiary/aromatic N) is 1. The van der Waals surface area contributed by atoms with E-state index in [0.29, 0.717) is 13.2 Å². The van der Waals surface area contributed by atoms with E-state index >= 15 is 0 Å². The average Bonchev–Trinajstić information content (AvgIpc) is 3.41. The lowest BCUT2D eigenvalue weighted by Gasteiger charge is -2.41. The lowest BCUT2D eigenvalue weighted by atomic mass is 9.95. The third-order valence-electron chi connectivity index (χ3n) is 6.38. The van der Waals surface area contributed by atoms with Gasteiger partial charge < -0.3 is 32.1 Å². The zero-order chi connectivity index (χ0) is 23.3. The number of amidine groups is 1. The van der Waals surface area contributed by atoms with Crippen molar-refractivity contribution in [3.8, 4) is 0 Å². The van der Waals surface area contributed by atoms with Crippen molar-refractivity contribution in [2.45, 2.75) is 31.2 Å². The Balaban J connectivity index is 0.00000289. The van der Waals surface area contributed by atoms with Crippen LogP contribution < -0.4 is 28.0 Å². The standard InChI is InChI=1S/C26H30N4O3S.ClH/c1-32-16-14-30-23(19-11-6-3-7-12-19)29-24-21(25(30)31)22(18-9-4-2-5-10-18)28-26(34-24)27-17-20-13-8-15-33-20;/h2-7,9-12,20,22-23,29H,8,13-17H2,1H3,(H,27,28);1H/t20-,22+,23-;/m1./s1. The summed E-state index contributed by atoms with van der Waals surface area (Å²) in [7, 11) is 1.66. The molecule has 3 aliphatic rings. The van der Waals surface area contributed by atoms with Crippen LogP contribution >= 0.6 is 11.8 Å². The molecule has 9 heteroatoms. The van der Waals surface area contributed by atoms with Crippen LogP contribution in [0, 0.1) is 0 Å². The van der Waals surface area contributed by atoms with Gasteiger partial charge in [-0.2, -0.15) is 0 Å². The minimum absolute atomic E-state index is 0. The normalized spacial score (nSPS) is 25.1. The van der Waals surface area contributed by atoms with Gasteiger partial charge in [-0.15, -0.1) is 0 Å². The van der Waals surface area contributed by atoms with Gasteiger partial charge >= 0.3 is 5.17 Å². The first kappa shape index (κ1) is 25.6. The van der Waals surface area contributed by atoms with Crippen molar-refractivity contribution in [2.75, 3.05) is 33.4 Å². The fourth-order valence-corrected chi connectivity index (χ4v) is 5.66. The molecule has 186 valence electrons. The maximum Gasteiger partial charge on any atom is 0.311 e. The summed E-state index contributed by atoms with van der Waals surface area (Å²) in [6.45, 7) is 2.54. The predicted octanol–water partition coefficient (Wildman–Crippen LogP) is -1.33. The van der Waals surface area contributed by atoms with Crippen LogP contribution in [0.2, 0.25) is 0 Å². The maximum atomic E-state index is 14.0. The van der Waals surface area contributed by atoms with E-state index in [4.69, 9.17) is 9.47 Å². The molecule has 0 bridgehead atoms. The van der Waals surface area contributed by atoms with E-state index in [1.807, 2.05) is 41.3 Å². The molecule has 1 saturated heterocycles. The second-order valence-corrected chi connectivity index (χ2v) is 9.65. The fraction of sp³-hybridized carbons (Fsp3) is 0.385. The molecule has 0 saturated carbocycles. The van der Waals surface area contributed by atoms with Gasteiger partial charge in [0.1, 0.15) is 12.7 Å². The predicted molar refractivity (Wildman–Crippen MR) is 133 cm³/mol. The van der Waals surface area contributed by atoms with Crippen LogP contribution in [0.1, 0.15) is 36.2 Å². The number of benzene rings is 2. The van der Waals surface area contributed by atoms with Gasteiger partial charge in [0.05, 0.1) is 23.3 Å². The zero-order valence-electron chi connectivity index (χ0n) is 19.7. The molecule has 2 aromatic rings. The van der Waals surface area contributed by atoms with Gasteiger partial charge in [0.2, 0.25) is 0 Å². The quantitative estimate of drug-likeness (QED) is 0.425. The fourth-order valence-electron chi connectivity index (χ4n) is 4.64. The SMILES string of the molecule is COCCN1C(=O)C2=C(N[C@H]1c1ccccc1)SC(=[NH+]C[C@H]1CCCO1)N[C@H]2c1ccccc1.[Cl-]. The number of hydrogen-bond donors (Lipinski definition) is 3. The molecule has 1 amide bonds. The molecule has 3 heterocycles. The monoisotopic (exact) mass is 514 g/mol. The van der Waals surface area contributed by atoms with E-state index in [2.05, 4.69) is 39.9 Å². The van der Waals surface area contributed by atoms with Crippen molar-refractivity contribution in [3.63, 3.8) is 0 Å². The molecule has 35 heavy (non-hydrogen) atoms. The lowest BCUT2D eigenvalue weighted by molar-refractivity contribution is -0.468. The molecule has 0 radical (unpaired) electrons. The van der Waals surface area contributed by atoms with Crippen molar-refractivity contribution in [1.82, 2.24) is 15.5 Å². The van der Waals surface area contributed by atoms with Gasteiger partial charge in [0.25, 0.3) is 5.91 Å². The summed E-state index contributed by atoms with van der Waals surface area (Å²) in [5.41, 5.74) is 2.83. The summed E-state index contributed by atoms with van der Waals surface area (Å²) in [5.74, 6) is 0.0201. The van der Waals surface area contributed by atoms with Crippen molar-refractivity contribution in [1.29, 1.82) is 0 Å². The summed E-state index contributed by atoms with van der Waals surface area (Å²) in [6, 6.07) is 20.0. The second-order valence-electron chi connectivity index (χ2n) is 8.63. The summed E-state index contributed by atoms with van der Waals surface area (Å²) in [5, 5.41) is 9.09. The van der Waals surface area contributed by atoms with Gasteiger partial charge in [-0.25, -0.2) is 0 Å². The Bertz CT molecular complexity index is 1060. The number of halogens is 1. The first-order chi connectivity index (χ1) is 16.7. The zero-order valence-corrected chi connectivity index (χ0v) is 21.3. The highest BCUT2D eigenvalue weighted by atomic mass is 35.5. The molecule has 0 aliphatic carbocycles. The molecule has 7 nitrogen and oxygen atoms in total. The third kappa shape index (κ3) is 5.67. The van der Waals surface area contributed by atoms with E-state index in [-0.39, 0.29) is 36.6 Å².